The molecule has 0 aliphatic carbocycles. The number of esters is 1. The van der Waals surface area contributed by atoms with Crippen molar-refractivity contribution in [1.29, 1.82) is 0 Å². The van der Waals surface area contributed by atoms with Crippen LogP contribution in [0.1, 0.15) is 39.5 Å². The molecule has 0 radical (unpaired) electrons. The number of likely N-dealkylation sites (tertiary alicyclic amines) is 1. The van der Waals surface area contributed by atoms with E-state index < -0.39 is 5.54 Å². The Bertz CT molecular complexity index is 360. The van der Waals surface area contributed by atoms with E-state index in [0.717, 1.165) is 45.3 Å². The predicted molar refractivity (Wildman–Crippen MR) is 82.0 cm³/mol. The molecule has 1 saturated heterocycles. The highest BCUT2D eigenvalue weighted by molar-refractivity contribution is 5.81. The summed E-state index contributed by atoms with van der Waals surface area (Å²) >= 11 is 0. The van der Waals surface area contributed by atoms with Gasteiger partial charge in [-0.2, -0.15) is 0 Å². The maximum Gasteiger partial charge on any atom is 0.326 e. The first-order valence-electron chi connectivity index (χ1n) is 7.84. The SMILES string of the molecule is CCCN1CCC(NCCCN=[N+]=[N-])(C(=O)OCC)CC1. The van der Waals surface area contributed by atoms with Gasteiger partial charge in [0.1, 0.15) is 5.54 Å². The quantitative estimate of drug-likeness (QED) is 0.232. The van der Waals surface area contributed by atoms with E-state index in [1.54, 1.807) is 0 Å². The van der Waals surface area contributed by atoms with Gasteiger partial charge in [0.2, 0.25) is 0 Å². The Labute approximate surface area is 126 Å². The zero-order valence-corrected chi connectivity index (χ0v) is 13.2. The van der Waals surface area contributed by atoms with Crippen molar-refractivity contribution in [2.45, 2.75) is 45.1 Å². The third-order valence-corrected chi connectivity index (χ3v) is 3.88. The fourth-order valence-corrected chi connectivity index (χ4v) is 2.72. The van der Waals surface area contributed by atoms with Gasteiger partial charge in [-0.05, 0) is 51.2 Å². The maximum atomic E-state index is 12.3. The fourth-order valence-electron chi connectivity index (χ4n) is 2.72. The summed E-state index contributed by atoms with van der Waals surface area (Å²) in [6, 6.07) is 0. The van der Waals surface area contributed by atoms with Gasteiger partial charge in [-0.3, -0.25) is 4.79 Å². The Hall–Kier alpha value is -1.30. The third-order valence-electron chi connectivity index (χ3n) is 3.88. The standard InChI is InChI=1S/C14H27N5O2/c1-3-10-19-11-6-14(7-12-19,13(20)21-4-2)16-8-5-9-17-18-15/h16H,3-12H2,1-2H3. The lowest BCUT2D eigenvalue weighted by molar-refractivity contribution is -0.153. The second-order valence-electron chi connectivity index (χ2n) is 5.38. The summed E-state index contributed by atoms with van der Waals surface area (Å²) in [6.45, 7) is 8.41. The molecule has 0 bridgehead atoms. The second-order valence-corrected chi connectivity index (χ2v) is 5.38. The minimum Gasteiger partial charge on any atom is -0.465 e. The Morgan fingerprint density at radius 2 is 2.14 bits per heavy atom. The number of piperidine rings is 1. The maximum absolute atomic E-state index is 12.3. The van der Waals surface area contributed by atoms with Gasteiger partial charge in [0.25, 0.3) is 0 Å². The normalized spacial score (nSPS) is 18.0. The molecule has 1 heterocycles. The molecular weight excluding hydrogens is 270 g/mol. The summed E-state index contributed by atoms with van der Waals surface area (Å²) < 4.78 is 5.26. The number of ether oxygens (including phenoxy) is 1. The Balaban J connectivity index is 2.55. The van der Waals surface area contributed by atoms with E-state index in [4.69, 9.17) is 10.3 Å². The molecular formula is C14H27N5O2. The van der Waals surface area contributed by atoms with Gasteiger partial charge in [-0.25, -0.2) is 0 Å². The first-order chi connectivity index (χ1) is 10.2. The van der Waals surface area contributed by atoms with Crippen LogP contribution in [-0.2, 0) is 9.53 Å². The zero-order chi connectivity index (χ0) is 15.6. The van der Waals surface area contributed by atoms with Crippen molar-refractivity contribution in [3.8, 4) is 0 Å². The van der Waals surface area contributed by atoms with Crippen LogP contribution in [0.5, 0.6) is 0 Å². The van der Waals surface area contributed by atoms with Crippen LogP contribution in [0, 0.1) is 0 Å². The van der Waals surface area contributed by atoms with Crippen LogP contribution < -0.4 is 5.32 Å². The molecule has 0 aromatic rings. The number of hydrogen-bond acceptors (Lipinski definition) is 5. The molecule has 7 nitrogen and oxygen atoms in total. The average molecular weight is 297 g/mol. The minimum absolute atomic E-state index is 0.148. The van der Waals surface area contributed by atoms with Crippen molar-refractivity contribution in [2.24, 2.45) is 5.11 Å². The smallest absolute Gasteiger partial charge is 0.326 e. The molecule has 0 aromatic heterocycles. The van der Waals surface area contributed by atoms with Crippen LogP contribution in [0.4, 0.5) is 0 Å². The topological polar surface area (TPSA) is 90.3 Å². The van der Waals surface area contributed by atoms with Crippen molar-refractivity contribution in [2.75, 3.05) is 39.3 Å². The number of carbonyl (C=O) groups excluding carboxylic acids is 1. The highest BCUT2D eigenvalue weighted by Gasteiger charge is 2.41. The number of nitrogens with zero attached hydrogens (tertiary/aromatic N) is 4. The summed E-state index contributed by atoms with van der Waals surface area (Å²) in [5.74, 6) is -0.148. The highest BCUT2D eigenvalue weighted by atomic mass is 16.5. The molecule has 0 saturated carbocycles. The zero-order valence-electron chi connectivity index (χ0n) is 13.2. The molecule has 120 valence electrons. The van der Waals surface area contributed by atoms with Crippen LogP contribution >= 0.6 is 0 Å². The largest absolute Gasteiger partial charge is 0.465 e. The van der Waals surface area contributed by atoms with Crippen molar-refractivity contribution in [3.63, 3.8) is 0 Å². The van der Waals surface area contributed by atoms with Crippen LogP contribution in [0.15, 0.2) is 5.11 Å². The van der Waals surface area contributed by atoms with Gasteiger partial charge >= 0.3 is 5.97 Å². The van der Waals surface area contributed by atoms with E-state index >= 15 is 0 Å². The third kappa shape index (κ3) is 5.53. The Kier molecular flexibility index (Phi) is 8.12. The summed E-state index contributed by atoms with van der Waals surface area (Å²) in [6.07, 6.45) is 3.40. The van der Waals surface area contributed by atoms with E-state index in [0.29, 0.717) is 19.7 Å². The molecule has 0 atom stereocenters. The highest BCUT2D eigenvalue weighted by Crippen LogP contribution is 2.24. The Morgan fingerprint density at radius 3 is 2.71 bits per heavy atom. The van der Waals surface area contributed by atoms with Crippen LogP contribution in [0.3, 0.4) is 0 Å². The van der Waals surface area contributed by atoms with Crippen LogP contribution in [0.25, 0.3) is 10.4 Å². The molecule has 7 heteroatoms. The molecule has 0 unspecified atom stereocenters. The summed E-state index contributed by atoms with van der Waals surface area (Å²) in [5.41, 5.74) is 7.69. The second kappa shape index (κ2) is 9.60. The number of azide groups is 1. The molecule has 1 N–H and O–H groups in total. The lowest BCUT2D eigenvalue weighted by atomic mass is 9.87. The minimum atomic E-state index is -0.573. The first kappa shape index (κ1) is 17.8. The van der Waals surface area contributed by atoms with Gasteiger partial charge < -0.3 is 15.0 Å². The van der Waals surface area contributed by atoms with Crippen molar-refractivity contribution in [3.05, 3.63) is 10.4 Å². The number of nitrogens with one attached hydrogen (secondary N) is 1. The summed E-state index contributed by atoms with van der Waals surface area (Å²) in [4.78, 5) is 17.4. The van der Waals surface area contributed by atoms with E-state index in [1.165, 1.54) is 0 Å². The lowest BCUT2D eigenvalue weighted by Gasteiger charge is -2.40. The molecule has 1 rings (SSSR count). The van der Waals surface area contributed by atoms with E-state index in [-0.39, 0.29) is 5.97 Å². The van der Waals surface area contributed by atoms with E-state index in [1.807, 2.05) is 6.92 Å². The first-order valence-corrected chi connectivity index (χ1v) is 7.84. The molecule has 1 aliphatic heterocycles. The molecule has 21 heavy (non-hydrogen) atoms. The van der Waals surface area contributed by atoms with E-state index in [9.17, 15) is 4.79 Å². The number of carbonyl (C=O) groups is 1. The fraction of sp³-hybridized carbons (Fsp3) is 0.929. The van der Waals surface area contributed by atoms with Crippen molar-refractivity contribution < 1.29 is 9.53 Å². The van der Waals surface area contributed by atoms with Crippen molar-refractivity contribution >= 4 is 5.97 Å². The Morgan fingerprint density at radius 1 is 1.43 bits per heavy atom. The molecule has 1 aliphatic rings. The average Bonchev–Trinajstić information content (AvgIpc) is 2.49. The van der Waals surface area contributed by atoms with Crippen molar-refractivity contribution in [1.82, 2.24) is 10.2 Å². The van der Waals surface area contributed by atoms with E-state index in [2.05, 4.69) is 27.2 Å². The summed E-state index contributed by atoms with van der Waals surface area (Å²) in [5, 5.41) is 6.87. The van der Waals surface area contributed by atoms with Gasteiger partial charge in [-0.15, -0.1) is 0 Å². The number of hydrogen-bond donors (Lipinski definition) is 1. The molecule has 0 amide bonds. The molecule has 1 fully saturated rings. The monoisotopic (exact) mass is 297 g/mol. The number of rotatable bonds is 9. The lowest BCUT2D eigenvalue weighted by Crippen LogP contribution is -2.59. The van der Waals surface area contributed by atoms with Crippen LogP contribution in [0.2, 0.25) is 0 Å². The summed E-state index contributed by atoms with van der Waals surface area (Å²) in [7, 11) is 0. The predicted octanol–water partition coefficient (Wildman–Crippen LogP) is 2.08. The molecule has 0 spiro atoms. The van der Waals surface area contributed by atoms with Crippen LogP contribution in [-0.4, -0.2) is 55.7 Å². The molecule has 0 aromatic carbocycles. The van der Waals surface area contributed by atoms with Gasteiger partial charge in [0, 0.05) is 24.5 Å². The van der Waals surface area contributed by atoms with Gasteiger partial charge in [0.05, 0.1) is 6.61 Å². The van der Waals surface area contributed by atoms with Gasteiger partial charge in [-0.1, -0.05) is 12.0 Å². The van der Waals surface area contributed by atoms with Gasteiger partial charge in [0.15, 0.2) is 0 Å².